The first kappa shape index (κ1) is 18.0. The van der Waals surface area contributed by atoms with Crippen LogP contribution in [0.5, 0.6) is 5.75 Å². The van der Waals surface area contributed by atoms with Gasteiger partial charge in [-0.1, -0.05) is 36.4 Å². The van der Waals surface area contributed by atoms with Crippen LogP contribution in [0, 0.1) is 0 Å². The Balaban J connectivity index is 1.37. The smallest absolute Gasteiger partial charge is 0.236 e. The minimum Gasteiger partial charge on any atom is -0.497 e. The summed E-state index contributed by atoms with van der Waals surface area (Å²) in [6, 6.07) is 16.5. The summed E-state index contributed by atoms with van der Waals surface area (Å²) in [7, 11) is 1.66. The van der Waals surface area contributed by atoms with Gasteiger partial charge in [-0.15, -0.1) is 0 Å². The Kier molecular flexibility index (Phi) is 5.14. The van der Waals surface area contributed by atoms with Gasteiger partial charge in [0.15, 0.2) is 0 Å². The predicted octanol–water partition coefficient (Wildman–Crippen LogP) is 2.01. The van der Waals surface area contributed by atoms with E-state index in [9.17, 15) is 4.79 Å². The largest absolute Gasteiger partial charge is 0.497 e. The predicted molar refractivity (Wildman–Crippen MR) is 106 cm³/mol. The molecule has 0 saturated carbocycles. The SMILES string of the molecule is COc1ccc(C2CN(C(=O)CN3CCc4ccccc4C3)CC2N)cc1. The lowest BCUT2D eigenvalue weighted by molar-refractivity contribution is -0.131. The molecular formula is C22H27N3O2. The summed E-state index contributed by atoms with van der Waals surface area (Å²) in [4.78, 5) is 17.0. The second-order valence-electron chi connectivity index (χ2n) is 7.57. The highest BCUT2D eigenvalue weighted by atomic mass is 16.5. The van der Waals surface area contributed by atoms with Crippen LogP contribution in [0.2, 0.25) is 0 Å². The average molecular weight is 365 g/mol. The van der Waals surface area contributed by atoms with E-state index in [2.05, 4.69) is 41.3 Å². The molecule has 2 aliphatic heterocycles. The number of nitrogens with zero attached hydrogens (tertiary/aromatic N) is 2. The first-order valence-corrected chi connectivity index (χ1v) is 9.60. The van der Waals surface area contributed by atoms with Crippen LogP contribution in [0.4, 0.5) is 0 Å². The number of carbonyl (C=O) groups excluding carboxylic acids is 1. The summed E-state index contributed by atoms with van der Waals surface area (Å²) in [5.74, 6) is 1.20. The molecule has 5 nitrogen and oxygen atoms in total. The van der Waals surface area contributed by atoms with Gasteiger partial charge in [-0.25, -0.2) is 0 Å². The molecule has 0 bridgehead atoms. The molecule has 2 aromatic rings. The summed E-state index contributed by atoms with van der Waals surface area (Å²) in [6.07, 6.45) is 1.01. The number of methoxy groups -OCH3 is 1. The van der Waals surface area contributed by atoms with Crippen molar-refractivity contribution in [3.8, 4) is 5.75 Å². The number of hydrogen-bond donors (Lipinski definition) is 1. The van der Waals surface area contributed by atoms with Gasteiger partial charge in [0, 0.05) is 38.1 Å². The van der Waals surface area contributed by atoms with Crippen LogP contribution in [0.1, 0.15) is 22.6 Å². The Morgan fingerprint density at radius 1 is 1.11 bits per heavy atom. The first-order valence-electron chi connectivity index (χ1n) is 9.60. The summed E-state index contributed by atoms with van der Waals surface area (Å²) in [5.41, 5.74) is 10.3. The molecule has 2 heterocycles. The maximum absolute atomic E-state index is 12.9. The molecule has 2 unspecified atom stereocenters. The zero-order valence-corrected chi connectivity index (χ0v) is 15.8. The zero-order valence-electron chi connectivity index (χ0n) is 15.8. The third-order valence-electron chi connectivity index (χ3n) is 5.83. The molecule has 1 fully saturated rings. The average Bonchev–Trinajstić information content (AvgIpc) is 3.10. The molecule has 2 aliphatic rings. The van der Waals surface area contributed by atoms with E-state index in [0.29, 0.717) is 19.6 Å². The Morgan fingerprint density at radius 2 is 1.85 bits per heavy atom. The van der Waals surface area contributed by atoms with Crippen LogP contribution in [0.15, 0.2) is 48.5 Å². The fourth-order valence-electron chi connectivity index (χ4n) is 4.22. The molecule has 0 radical (unpaired) electrons. The van der Waals surface area contributed by atoms with E-state index in [4.69, 9.17) is 10.5 Å². The van der Waals surface area contributed by atoms with E-state index in [-0.39, 0.29) is 17.9 Å². The van der Waals surface area contributed by atoms with Gasteiger partial charge in [-0.05, 0) is 35.2 Å². The van der Waals surface area contributed by atoms with Crippen LogP contribution in [-0.2, 0) is 17.8 Å². The van der Waals surface area contributed by atoms with Crippen molar-refractivity contribution in [1.82, 2.24) is 9.80 Å². The number of rotatable bonds is 4. The number of likely N-dealkylation sites (tertiary alicyclic amines) is 1. The second kappa shape index (κ2) is 7.71. The fraction of sp³-hybridized carbons (Fsp3) is 0.409. The van der Waals surface area contributed by atoms with E-state index in [1.807, 2.05) is 17.0 Å². The number of benzene rings is 2. The molecule has 1 saturated heterocycles. The maximum atomic E-state index is 12.9. The van der Waals surface area contributed by atoms with Crippen molar-refractivity contribution in [3.05, 3.63) is 65.2 Å². The molecule has 5 heteroatoms. The van der Waals surface area contributed by atoms with Crippen LogP contribution in [-0.4, -0.2) is 55.0 Å². The highest BCUT2D eigenvalue weighted by molar-refractivity contribution is 5.79. The highest BCUT2D eigenvalue weighted by Gasteiger charge is 2.34. The molecule has 142 valence electrons. The normalized spacial score (nSPS) is 22.5. The van der Waals surface area contributed by atoms with Crippen molar-refractivity contribution in [2.24, 2.45) is 5.73 Å². The van der Waals surface area contributed by atoms with E-state index in [1.165, 1.54) is 16.7 Å². The molecule has 1 amide bonds. The summed E-state index contributed by atoms with van der Waals surface area (Å²) in [6.45, 7) is 3.57. The Morgan fingerprint density at radius 3 is 2.59 bits per heavy atom. The van der Waals surface area contributed by atoms with Gasteiger partial charge >= 0.3 is 0 Å². The number of amides is 1. The van der Waals surface area contributed by atoms with Gasteiger partial charge < -0.3 is 15.4 Å². The van der Waals surface area contributed by atoms with Gasteiger partial charge in [-0.2, -0.15) is 0 Å². The van der Waals surface area contributed by atoms with Crippen molar-refractivity contribution in [1.29, 1.82) is 0 Å². The minimum atomic E-state index is -0.0237. The van der Waals surface area contributed by atoms with E-state index in [1.54, 1.807) is 7.11 Å². The summed E-state index contributed by atoms with van der Waals surface area (Å²) in [5, 5.41) is 0. The molecule has 27 heavy (non-hydrogen) atoms. The molecule has 0 aromatic heterocycles. The van der Waals surface area contributed by atoms with Gasteiger partial charge in [0.1, 0.15) is 5.75 Å². The lowest BCUT2D eigenvalue weighted by atomic mass is 9.95. The second-order valence-corrected chi connectivity index (χ2v) is 7.57. The molecule has 4 rings (SSSR count). The van der Waals surface area contributed by atoms with Gasteiger partial charge in [0.05, 0.1) is 13.7 Å². The summed E-state index contributed by atoms with van der Waals surface area (Å²) < 4.78 is 5.23. The molecule has 2 aromatic carbocycles. The molecule has 0 aliphatic carbocycles. The van der Waals surface area contributed by atoms with Crippen molar-refractivity contribution < 1.29 is 9.53 Å². The zero-order chi connectivity index (χ0) is 18.8. The number of ether oxygens (including phenoxy) is 1. The standard InChI is InChI=1S/C22H27N3O2/c1-27-19-8-6-17(7-9-19)20-13-25(14-21(20)23)22(26)15-24-11-10-16-4-2-3-5-18(16)12-24/h2-9,20-21H,10-15,23H2,1H3. The van der Waals surface area contributed by atoms with Crippen molar-refractivity contribution in [2.45, 2.75) is 24.9 Å². The maximum Gasteiger partial charge on any atom is 0.236 e. The monoisotopic (exact) mass is 365 g/mol. The number of nitrogens with two attached hydrogens (primary N) is 1. The van der Waals surface area contributed by atoms with Crippen molar-refractivity contribution >= 4 is 5.91 Å². The molecular weight excluding hydrogens is 338 g/mol. The van der Waals surface area contributed by atoms with Crippen LogP contribution < -0.4 is 10.5 Å². The summed E-state index contributed by atoms with van der Waals surface area (Å²) >= 11 is 0. The molecule has 2 N–H and O–H groups in total. The van der Waals surface area contributed by atoms with E-state index < -0.39 is 0 Å². The lowest BCUT2D eigenvalue weighted by Gasteiger charge is -2.29. The number of carbonyl (C=O) groups is 1. The Bertz CT molecular complexity index is 805. The lowest BCUT2D eigenvalue weighted by Crippen LogP contribution is -2.42. The van der Waals surface area contributed by atoms with Crippen LogP contribution in [0.3, 0.4) is 0 Å². The quantitative estimate of drug-likeness (QED) is 0.900. The van der Waals surface area contributed by atoms with E-state index in [0.717, 1.165) is 25.3 Å². The fourth-order valence-corrected chi connectivity index (χ4v) is 4.22. The topological polar surface area (TPSA) is 58.8 Å². The molecule has 2 atom stereocenters. The number of fused-ring (bicyclic) bond motifs is 1. The van der Waals surface area contributed by atoms with Crippen molar-refractivity contribution in [3.63, 3.8) is 0 Å². The van der Waals surface area contributed by atoms with Gasteiger partial charge in [-0.3, -0.25) is 9.69 Å². The number of hydrogen-bond acceptors (Lipinski definition) is 4. The third-order valence-corrected chi connectivity index (χ3v) is 5.83. The first-order chi connectivity index (χ1) is 13.1. The molecule has 0 spiro atoms. The Labute approximate surface area is 160 Å². The van der Waals surface area contributed by atoms with Crippen LogP contribution in [0.25, 0.3) is 0 Å². The van der Waals surface area contributed by atoms with Crippen molar-refractivity contribution in [2.75, 3.05) is 33.3 Å². The Hall–Kier alpha value is -2.37. The minimum absolute atomic E-state index is 0.0237. The highest BCUT2D eigenvalue weighted by Crippen LogP contribution is 2.28. The van der Waals surface area contributed by atoms with Gasteiger partial charge in [0.25, 0.3) is 0 Å². The van der Waals surface area contributed by atoms with Gasteiger partial charge in [0.2, 0.25) is 5.91 Å². The third kappa shape index (κ3) is 3.84. The van der Waals surface area contributed by atoms with E-state index >= 15 is 0 Å². The van der Waals surface area contributed by atoms with Crippen LogP contribution >= 0.6 is 0 Å².